The van der Waals surface area contributed by atoms with E-state index in [0.717, 1.165) is 22.3 Å². The Morgan fingerprint density at radius 2 is 1.82 bits per heavy atom. The number of nitrogens with zero attached hydrogens (tertiary/aromatic N) is 1. The van der Waals surface area contributed by atoms with E-state index >= 15 is 0 Å². The third kappa shape index (κ3) is 2.34. The smallest absolute Gasteiger partial charge is 0.123 e. The second-order valence-electron chi connectivity index (χ2n) is 4.21. The van der Waals surface area contributed by atoms with Gasteiger partial charge in [-0.25, -0.2) is 4.39 Å². The van der Waals surface area contributed by atoms with Gasteiger partial charge in [0, 0.05) is 12.4 Å². The SMILES string of the molecule is Cc1cnccc1C(N)c1ccc(F)cc1C. The molecule has 2 aromatic rings. The fourth-order valence-corrected chi connectivity index (χ4v) is 1.99. The van der Waals surface area contributed by atoms with Gasteiger partial charge in [0.15, 0.2) is 0 Å². The minimum Gasteiger partial charge on any atom is -0.320 e. The van der Waals surface area contributed by atoms with E-state index in [-0.39, 0.29) is 11.9 Å². The first-order valence-electron chi connectivity index (χ1n) is 5.51. The van der Waals surface area contributed by atoms with Crippen LogP contribution in [0.15, 0.2) is 36.7 Å². The standard InChI is InChI=1S/C14H15FN2/c1-9-7-11(15)3-4-12(9)14(16)13-5-6-17-8-10(13)2/h3-8,14H,16H2,1-2H3. The van der Waals surface area contributed by atoms with E-state index in [1.165, 1.54) is 12.1 Å². The highest BCUT2D eigenvalue weighted by molar-refractivity contribution is 5.38. The van der Waals surface area contributed by atoms with Crippen molar-refractivity contribution in [2.24, 2.45) is 5.73 Å². The lowest BCUT2D eigenvalue weighted by Gasteiger charge is -2.17. The Bertz CT molecular complexity index is 537. The lowest BCUT2D eigenvalue weighted by molar-refractivity contribution is 0.624. The summed E-state index contributed by atoms with van der Waals surface area (Å²) in [5, 5.41) is 0. The Balaban J connectivity index is 2.44. The Hall–Kier alpha value is -1.74. The highest BCUT2D eigenvalue weighted by Gasteiger charge is 2.13. The van der Waals surface area contributed by atoms with Crippen LogP contribution in [-0.4, -0.2) is 4.98 Å². The zero-order valence-corrected chi connectivity index (χ0v) is 9.94. The Morgan fingerprint density at radius 1 is 1.12 bits per heavy atom. The first-order chi connectivity index (χ1) is 8.09. The Kier molecular flexibility index (Phi) is 3.20. The lowest BCUT2D eigenvalue weighted by Crippen LogP contribution is -2.14. The topological polar surface area (TPSA) is 38.9 Å². The van der Waals surface area contributed by atoms with Crippen LogP contribution >= 0.6 is 0 Å². The van der Waals surface area contributed by atoms with Gasteiger partial charge in [-0.05, 0) is 54.3 Å². The van der Waals surface area contributed by atoms with Gasteiger partial charge in [-0.15, -0.1) is 0 Å². The number of aromatic nitrogens is 1. The van der Waals surface area contributed by atoms with Crippen LogP contribution in [0.3, 0.4) is 0 Å². The Labute approximate surface area is 100 Å². The summed E-state index contributed by atoms with van der Waals surface area (Å²) >= 11 is 0. The van der Waals surface area contributed by atoms with Crippen LogP contribution < -0.4 is 5.73 Å². The summed E-state index contributed by atoms with van der Waals surface area (Å²) in [6, 6.07) is 6.36. The van der Waals surface area contributed by atoms with E-state index in [9.17, 15) is 4.39 Å². The van der Waals surface area contributed by atoms with Crippen LogP contribution in [0.25, 0.3) is 0 Å². The number of benzene rings is 1. The predicted octanol–water partition coefficient (Wildman–Crippen LogP) is 2.89. The molecule has 0 aliphatic carbocycles. The molecule has 1 atom stereocenters. The summed E-state index contributed by atoms with van der Waals surface area (Å²) in [7, 11) is 0. The third-order valence-corrected chi connectivity index (χ3v) is 2.97. The molecule has 2 nitrogen and oxygen atoms in total. The van der Waals surface area contributed by atoms with Crippen molar-refractivity contribution in [2.45, 2.75) is 19.9 Å². The van der Waals surface area contributed by atoms with Gasteiger partial charge in [-0.2, -0.15) is 0 Å². The molecule has 1 aromatic heterocycles. The average Bonchev–Trinajstić information content (AvgIpc) is 2.29. The van der Waals surface area contributed by atoms with E-state index in [2.05, 4.69) is 4.98 Å². The summed E-state index contributed by atoms with van der Waals surface area (Å²) < 4.78 is 13.0. The fraction of sp³-hybridized carbons (Fsp3) is 0.214. The van der Waals surface area contributed by atoms with Crippen molar-refractivity contribution < 1.29 is 4.39 Å². The lowest BCUT2D eigenvalue weighted by atomic mass is 9.94. The molecule has 0 aliphatic rings. The summed E-state index contributed by atoms with van der Waals surface area (Å²) in [6.07, 6.45) is 3.51. The fourth-order valence-electron chi connectivity index (χ4n) is 1.99. The maximum absolute atomic E-state index is 13.0. The van der Waals surface area contributed by atoms with Gasteiger partial charge in [0.1, 0.15) is 5.82 Å². The molecule has 2 rings (SSSR count). The van der Waals surface area contributed by atoms with Crippen molar-refractivity contribution in [1.82, 2.24) is 4.98 Å². The number of rotatable bonds is 2. The average molecular weight is 230 g/mol. The zero-order chi connectivity index (χ0) is 12.4. The van der Waals surface area contributed by atoms with Crippen molar-refractivity contribution >= 4 is 0 Å². The van der Waals surface area contributed by atoms with E-state index in [4.69, 9.17) is 5.73 Å². The second kappa shape index (κ2) is 4.63. The molecule has 0 bridgehead atoms. The normalized spacial score (nSPS) is 12.5. The van der Waals surface area contributed by atoms with Crippen molar-refractivity contribution in [3.63, 3.8) is 0 Å². The van der Waals surface area contributed by atoms with Crippen LogP contribution in [0.2, 0.25) is 0 Å². The van der Waals surface area contributed by atoms with Crippen molar-refractivity contribution in [2.75, 3.05) is 0 Å². The molecular weight excluding hydrogens is 215 g/mol. The van der Waals surface area contributed by atoms with Crippen LogP contribution in [-0.2, 0) is 0 Å². The van der Waals surface area contributed by atoms with E-state index in [0.29, 0.717) is 0 Å². The predicted molar refractivity (Wildman–Crippen MR) is 66.1 cm³/mol. The van der Waals surface area contributed by atoms with Crippen molar-refractivity contribution in [3.05, 3.63) is 64.7 Å². The van der Waals surface area contributed by atoms with Gasteiger partial charge < -0.3 is 5.73 Å². The molecule has 17 heavy (non-hydrogen) atoms. The number of nitrogens with two attached hydrogens (primary N) is 1. The number of aryl methyl sites for hydroxylation is 2. The molecule has 0 spiro atoms. The van der Waals surface area contributed by atoms with Gasteiger partial charge in [0.2, 0.25) is 0 Å². The quantitative estimate of drug-likeness (QED) is 0.861. The molecule has 0 saturated carbocycles. The zero-order valence-electron chi connectivity index (χ0n) is 9.94. The van der Waals surface area contributed by atoms with Crippen molar-refractivity contribution in [1.29, 1.82) is 0 Å². The third-order valence-electron chi connectivity index (χ3n) is 2.97. The number of hydrogen-bond acceptors (Lipinski definition) is 2. The first kappa shape index (κ1) is 11.7. The van der Waals surface area contributed by atoms with Gasteiger partial charge in [0.25, 0.3) is 0 Å². The van der Waals surface area contributed by atoms with Gasteiger partial charge in [0.05, 0.1) is 6.04 Å². The van der Waals surface area contributed by atoms with Gasteiger partial charge in [-0.1, -0.05) is 6.07 Å². The van der Waals surface area contributed by atoms with Gasteiger partial charge >= 0.3 is 0 Å². The number of pyridine rings is 1. The number of halogens is 1. The molecule has 3 heteroatoms. The van der Waals surface area contributed by atoms with Crippen LogP contribution in [0.4, 0.5) is 4.39 Å². The van der Waals surface area contributed by atoms with E-state index < -0.39 is 0 Å². The van der Waals surface area contributed by atoms with E-state index in [1.807, 2.05) is 19.9 Å². The minimum absolute atomic E-state index is 0.232. The van der Waals surface area contributed by atoms with Crippen LogP contribution in [0, 0.1) is 19.7 Å². The van der Waals surface area contributed by atoms with E-state index in [1.54, 1.807) is 18.5 Å². The van der Waals surface area contributed by atoms with Gasteiger partial charge in [-0.3, -0.25) is 4.98 Å². The van der Waals surface area contributed by atoms with Crippen LogP contribution in [0.1, 0.15) is 28.3 Å². The first-order valence-corrected chi connectivity index (χ1v) is 5.51. The molecule has 1 heterocycles. The highest BCUT2D eigenvalue weighted by Crippen LogP contribution is 2.24. The molecule has 0 fully saturated rings. The second-order valence-corrected chi connectivity index (χ2v) is 4.21. The Morgan fingerprint density at radius 3 is 2.47 bits per heavy atom. The molecule has 0 amide bonds. The highest BCUT2D eigenvalue weighted by atomic mass is 19.1. The molecular formula is C14H15FN2. The summed E-state index contributed by atoms with van der Waals surface area (Å²) in [5.74, 6) is -0.232. The summed E-state index contributed by atoms with van der Waals surface area (Å²) in [4.78, 5) is 4.04. The molecule has 1 aromatic carbocycles. The number of hydrogen-bond donors (Lipinski definition) is 1. The summed E-state index contributed by atoms with van der Waals surface area (Å²) in [6.45, 7) is 3.84. The van der Waals surface area contributed by atoms with Crippen LogP contribution in [0.5, 0.6) is 0 Å². The molecule has 88 valence electrons. The maximum atomic E-state index is 13.0. The molecule has 0 aliphatic heterocycles. The van der Waals surface area contributed by atoms with Crippen molar-refractivity contribution in [3.8, 4) is 0 Å². The molecule has 1 unspecified atom stereocenters. The molecule has 0 radical (unpaired) electrons. The maximum Gasteiger partial charge on any atom is 0.123 e. The molecule has 2 N–H and O–H groups in total. The molecule has 0 saturated heterocycles. The largest absolute Gasteiger partial charge is 0.320 e. The summed E-state index contributed by atoms with van der Waals surface area (Å²) in [5.41, 5.74) is 10.1. The monoisotopic (exact) mass is 230 g/mol. The minimum atomic E-state index is -0.237.